The lowest BCUT2D eigenvalue weighted by atomic mass is 10.3. The van der Waals surface area contributed by atoms with Crippen LogP contribution in [0.5, 0.6) is 0 Å². The monoisotopic (exact) mass is 305 g/mol. The molecule has 2 N–H and O–H groups in total. The molecule has 0 radical (unpaired) electrons. The zero-order chi connectivity index (χ0) is 12.5. The van der Waals surface area contributed by atoms with E-state index in [2.05, 4.69) is 30.4 Å². The molecule has 0 bridgehead atoms. The molecule has 3 rings (SSSR count). The first kappa shape index (κ1) is 11.4. The molecule has 3 aromatic heterocycles. The predicted octanol–water partition coefficient (Wildman–Crippen LogP) is 1.78. The lowest BCUT2D eigenvalue weighted by molar-refractivity contribution is 0.816. The number of nitrogens with zero attached hydrogens (tertiary/aromatic N) is 4. The van der Waals surface area contributed by atoms with Gasteiger partial charge in [-0.25, -0.2) is 9.67 Å². The van der Waals surface area contributed by atoms with Crippen molar-refractivity contribution in [2.75, 3.05) is 6.54 Å². The van der Waals surface area contributed by atoms with E-state index < -0.39 is 0 Å². The van der Waals surface area contributed by atoms with Crippen LogP contribution in [0.2, 0.25) is 0 Å². The number of halogens is 1. The van der Waals surface area contributed by atoms with Crippen LogP contribution in [0.1, 0.15) is 5.69 Å². The number of nitrogens with two attached hydrogens (primary N) is 1. The van der Waals surface area contributed by atoms with E-state index in [9.17, 15) is 0 Å². The Kier molecular flexibility index (Phi) is 2.89. The van der Waals surface area contributed by atoms with Crippen molar-refractivity contribution in [1.82, 2.24) is 19.2 Å². The molecule has 18 heavy (non-hydrogen) atoms. The molecule has 0 aliphatic carbocycles. The molecule has 0 saturated heterocycles. The van der Waals surface area contributed by atoms with Crippen molar-refractivity contribution in [3.8, 4) is 5.82 Å². The minimum Gasteiger partial charge on any atom is -0.330 e. The number of pyridine rings is 1. The average molecular weight is 306 g/mol. The SMILES string of the molecule is NCCc1c(-n2cc(Br)cn2)nc2ccccn12. The van der Waals surface area contributed by atoms with Gasteiger partial charge in [-0.2, -0.15) is 5.10 Å². The Labute approximate surface area is 112 Å². The summed E-state index contributed by atoms with van der Waals surface area (Å²) in [6.07, 6.45) is 6.39. The van der Waals surface area contributed by atoms with E-state index in [1.54, 1.807) is 10.9 Å². The zero-order valence-electron chi connectivity index (χ0n) is 9.62. The summed E-state index contributed by atoms with van der Waals surface area (Å²) < 4.78 is 4.75. The quantitative estimate of drug-likeness (QED) is 0.802. The van der Waals surface area contributed by atoms with Gasteiger partial charge in [-0.15, -0.1) is 0 Å². The van der Waals surface area contributed by atoms with Crippen LogP contribution in [0, 0.1) is 0 Å². The van der Waals surface area contributed by atoms with Crippen LogP contribution >= 0.6 is 15.9 Å². The third-order valence-corrected chi connectivity index (χ3v) is 3.17. The highest BCUT2D eigenvalue weighted by Crippen LogP contribution is 2.18. The third kappa shape index (κ3) is 1.83. The molecule has 5 nitrogen and oxygen atoms in total. The molecule has 0 aliphatic rings. The van der Waals surface area contributed by atoms with Gasteiger partial charge in [0.1, 0.15) is 5.65 Å². The summed E-state index contributed by atoms with van der Waals surface area (Å²) in [6, 6.07) is 5.93. The first-order chi connectivity index (χ1) is 8.79. The van der Waals surface area contributed by atoms with Gasteiger partial charge in [0.25, 0.3) is 0 Å². The number of hydrogen-bond donors (Lipinski definition) is 1. The molecule has 0 saturated carbocycles. The van der Waals surface area contributed by atoms with Gasteiger partial charge in [-0.1, -0.05) is 6.07 Å². The molecule has 0 aliphatic heterocycles. The van der Waals surface area contributed by atoms with Gasteiger partial charge in [0.15, 0.2) is 5.82 Å². The Morgan fingerprint density at radius 2 is 2.22 bits per heavy atom. The lowest BCUT2D eigenvalue weighted by Crippen LogP contribution is -2.08. The smallest absolute Gasteiger partial charge is 0.175 e. The molecule has 0 spiro atoms. The van der Waals surface area contributed by atoms with Crippen LogP contribution < -0.4 is 5.73 Å². The number of imidazole rings is 1. The summed E-state index contributed by atoms with van der Waals surface area (Å²) in [5, 5.41) is 4.28. The number of hydrogen-bond acceptors (Lipinski definition) is 3. The van der Waals surface area contributed by atoms with Crippen molar-refractivity contribution in [3.63, 3.8) is 0 Å². The molecule has 92 valence electrons. The van der Waals surface area contributed by atoms with Gasteiger partial charge in [0, 0.05) is 18.8 Å². The highest BCUT2D eigenvalue weighted by molar-refractivity contribution is 9.10. The average Bonchev–Trinajstić information content (AvgIpc) is 2.95. The van der Waals surface area contributed by atoms with Crippen LogP contribution in [0.15, 0.2) is 41.3 Å². The second kappa shape index (κ2) is 4.55. The molecule has 0 amide bonds. The van der Waals surface area contributed by atoms with Crippen molar-refractivity contribution in [2.45, 2.75) is 6.42 Å². The van der Waals surface area contributed by atoms with Crippen molar-refractivity contribution in [3.05, 3.63) is 47.0 Å². The summed E-state index contributed by atoms with van der Waals surface area (Å²) in [6.45, 7) is 0.581. The van der Waals surface area contributed by atoms with Crippen LogP contribution in [0.25, 0.3) is 11.5 Å². The Balaban J connectivity index is 2.24. The molecule has 3 aromatic rings. The molecule has 0 unspecified atom stereocenters. The Bertz CT molecular complexity index is 685. The summed E-state index contributed by atoms with van der Waals surface area (Å²) in [7, 11) is 0. The molecule has 0 fully saturated rings. The van der Waals surface area contributed by atoms with E-state index in [1.807, 2.05) is 30.6 Å². The number of rotatable bonds is 3. The molecule has 0 atom stereocenters. The fourth-order valence-electron chi connectivity index (χ4n) is 2.00. The largest absolute Gasteiger partial charge is 0.330 e. The summed E-state index contributed by atoms with van der Waals surface area (Å²) in [5.74, 6) is 0.831. The molecule has 3 heterocycles. The highest BCUT2D eigenvalue weighted by Gasteiger charge is 2.13. The Morgan fingerprint density at radius 1 is 1.33 bits per heavy atom. The van der Waals surface area contributed by atoms with Gasteiger partial charge in [-0.05, 0) is 34.6 Å². The van der Waals surface area contributed by atoms with E-state index in [-0.39, 0.29) is 0 Å². The summed E-state index contributed by atoms with van der Waals surface area (Å²) >= 11 is 3.39. The molecular weight excluding hydrogens is 294 g/mol. The normalized spacial score (nSPS) is 11.2. The number of fused-ring (bicyclic) bond motifs is 1. The third-order valence-electron chi connectivity index (χ3n) is 2.76. The standard InChI is InChI=1S/C12H12BrN5/c13-9-7-15-18(8-9)12-10(4-5-14)17-6-2-1-3-11(17)16-12/h1-3,6-8H,4-5,14H2. The van der Waals surface area contributed by atoms with Crippen LogP contribution in [-0.2, 0) is 6.42 Å². The van der Waals surface area contributed by atoms with E-state index in [1.165, 1.54) is 0 Å². The molecule has 6 heteroatoms. The maximum Gasteiger partial charge on any atom is 0.175 e. The first-order valence-corrected chi connectivity index (χ1v) is 6.45. The van der Waals surface area contributed by atoms with Gasteiger partial charge in [0.05, 0.1) is 16.4 Å². The van der Waals surface area contributed by atoms with E-state index >= 15 is 0 Å². The van der Waals surface area contributed by atoms with Gasteiger partial charge < -0.3 is 10.1 Å². The van der Waals surface area contributed by atoms with Crippen molar-refractivity contribution < 1.29 is 0 Å². The fraction of sp³-hybridized carbons (Fsp3) is 0.167. The van der Waals surface area contributed by atoms with E-state index in [4.69, 9.17) is 5.73 Å². The van der Waals surface area contributed by atoms with Gasteiger partial charge in [0.2, 0.25) is 0 Å². The lowest BCUT2D eigenvalue weighted by Gasteiger charge is -2.02. The van der Waals surface area contributed by atoms with Crippen molar-refractivity contribution in [1.29, 1.82) is 0 Å². The summed E-state index contributed by atoms with van der Waals surface area (Å²) in [4.78, 5) is 4.60. The minimum atomic E-state index is 0.581. The van der Waals surface area contributed by atoms with Crippen LogP contribution in [0.3, 0.4) is 0 Å². The number of aromatic nitrogens is 4. The summed E-state index contributed by atoms with van der Waals surface area (Å²) in [5.41, 5.74) is 7.66. The van der Waals surface area contributed by atoms with E-state index in [0.717, 1.165) is 28.1 Å². The predicted molar refractivity (Wildman–Crippen MR) is 72.8 cm³/mol. The molecule has 0 aromatic carbocycles. The maximum atomic E-state index is 5.68. The zero-order valence-corrected chi connectivity index (χ0v) is 11.2. The maximum absolute atomic E-state index is 5.68. The Morgan fingerprint density at radius 3 is 2.94 bits per heavy atom. The molecular formula is C12H12BrN5. The first-order valence-electron chi connectivity index (χ1n) is 5.66. The Hall–Kier alpha value is -1.66. The van der Waals surface area contributed by atoms with E-state index in [0.29, 0.717) is 6.54 Å². The highest BCUT2D eigenvalue weighted by atomic mass is 79.9. The van der Waals surface area contributed by atoms with Crippen molar-refractivity contribution in [2.24, 2.45) is 5.73 Å². The topological polar surface area (TPSA) is 61.1 Å². The minimum absolute atomic E-state index is 0.581. The van der Waals surface area contributed by atoms with Gasteiger partial charge >= 0.3 is 0 Å². The second-order valence-corrected chi connectivity index (χ2v) is 4.87. The van der Waals surface area contributed by atoms with Crippen molar-refractivity contribution >= 4 is 21.6 Å². The van der Waals surface area contributed by atoms with Crippen LogP contribution in [0.4, 0.5) is 0 Å². The van der Waals surface area contributed by atoms with Gasteiger partial charge in [-0.3, -0.25) is 0 Å². The second-order valence-electron chi connectivity index (χ2n) is 3.95. The van der Waals surface area contributed by atoms with Crippen LogP contribution in [-0.4, -0.2) is 25.7 Å². The fourth-order valence-corrected chi connectivity index (χ4v) is 2.29.